The molecular weight excluding hydrogens is 286 g/mol. The van der Waals surface area contributed by atoms with Crippen LogP contribution in [0.25, 0.3) is 0 Å². The molecule has 1 saturated heterocycles. The summed E-state index contributed by atoms with van der Waals surface area (Å²) in [4.78, 5) is 23.6. The molecule has 8 heteroatoms. The highest BCUT2D eigenvalue weighted by molar-refractivity contribution is 6.33. The monoisotopic (exact) mass is 299 g/mol. The van der Waals surface area contributed by atoms with E-state index in [2.05, 4.69) is 5.32 Å². The minimum absolute atomic E-state index is 0.0576. The van der Waals surface area contributed by atoms with E-state index in [1.165, 1.54) is 18.2 Å². The Morgan fingerprint density at radius 3 is 2.90 bits per heavy atom. The zero-order chi connectivity index (χ0) is 14.7. The molecule has 1 aliphatic rings. The molecule has 2 rings (SSSR count). The number of nitro benzene ring substituents is 1. The van der Waals surface area contributed by atoms with Crippen LogP contribution in [0.3, 0.4) is 0 Å². The van der Waals surface area contributed by atoms with Crippen LogP contribution in [0, 0.1) is 16.0 Å². The summed E-state index contributed by atoms with van der Waals surface area (Å²) in [5.41, 5.74) is 0.198. The number of amides is 2. The Labute approximate surface area is 120 Å². The number of urea groups is 1. The summed E-state index contributed by atoms with van der Waals surface area (Å²) in [7, 11) is 0. The average Bonchev–Trinajstić information content (AvgIpc) is 2.89. The van der Waals surface area contributed by atoms with Gasteiger partial charge in [0, 0.05) is 37.7 Å². The Morgan fingerprint density at radius 2 is 2.35 bits per heavy atom. The minimum Gasteiger partial charge on any atom is -0.396 e. The molecule has 1 heterocycles. The van der Waals surface area contributed by atoms with E-state index in [0.29, 0.717) is 18.8 Å². The number of non-ortho nitro benzene ring substituents is 1. The number of nitro groups is 1. The number of nitrogens with zero attached hydrogens (tertiary/aromatic N) is 2. The van der Waals surface area contributed by atoms with Gasteiger partial charge in [0.2, 0.25) is 0 Å². The average molecular weight is 300 g/mol. The number of carbonyl (C=O) groups is 1. The quantitative estimate of drug-likeness (QED) is 0.660. The maximum absolute atomic E-state index is 12.0. The van der Waals surface area contributed by atoms with E-state index in [-0.39, 0.29) is 29.3 Å². The fourth-order valence-corrected chi connectivity index (χ4v) is 2.30. The predicted molar refractivity (Wildman–Crippen MR) is 73.9 cm³/mol. The van der Waals surface area contributed by atoms with Crippen molar-refractivity contribution < 1.29 is 14.8 Å². The molecule has 7 nitrogen and oxygen atoms in total. The van der Waals surface area contributed by atoms with Gasteiger partial charge in [-0.3, -0.25) is 10.1 Å². The summed E-state index contributed by atoms with van der Waals surface area (Å²) in [5.74, 6) is 0.105. The van der Waals surface area contributed by atoms with Crippen LogP contribution in [0.1, 0.15) is 6.42 Å². The van der Waals surface area contributed by atoms with Crippen molar-refractivity contribution in [1.29, 1.82) is 0 Å². The summed E-state index contributed by atoms with van der Waals surface area (Å²) in [6, 6.07) is 3.55. The molecule has 1 aromatic carbocycles. The van der Waals surface area contributed by atoms with Gasteiger partial charge in [0.05, 0.1) is 15.6 Å². The molecule has 0 spiro atoms. The lowest BCUT2D eigenvalue weighted by molar-refractivity contribution is -0.384. The highest BCUT2D eigenvalue weighted by atomic mass is 35.5. The lowest BCUT2D eigenvalue weighted by Gasteiger charge is -2.17. The van der Waals surface area contributed by atoms with Crippen molar-refractivity contribution in [3.8, 4) is 0 Å². The van der Waals surface area contributed by atoms with Crippen LogP contribution >= 0.6 is 11.6 Å². The van der Waals surface area contributed by atoms with Gasteiger partial charge in [-0.2, -0.15) is 0 Å². The van der Waals surface area contributed by atoms with Gasteiger partial charge in [-0.15, -0.1) is 0 Å². The first-order valence-electron chi connectivity index (χ1n) is 6.12. The van der Waals surface area contributed by atoms with E-state index in [1.54, 1.807) is 4.90 Å². The Kier molecular flexibility index (Phi) is 4.41. The molecular formula is C12H14ClN3O4. The molecule has 1 aliphatic heterocycles. The van der Waals surface area contributed by atoms with Gasteiger partial charge in [0.1, 0.15) is 0 Å². The third-order valence-electron chi connectivity index (χ3n) is 3.24. The third kappa shape index (κ3) is 3.17. The largest absolute Gasteiger partial charge is 0.396 e. The van der Waals surface area contributed by atoms with Crippen LogP contribution < -0.4 is 5.32 Å². The van der Waals surface area contributed by atoms with Crippen molar-refractivity contribution in [1.82, 2.24) is 4.90 Å². The number of likely N-dealkylation sites (tertiary alicyclic amines) is 1. The fourth-order valence-electron chi connectivity index (χ4n) is 2.08. The summed E-state index contributed by atoms with van der Waals surface area (Å²) in [5, 5.41) is 22.4. The zero-order valence-corrected chi connectivity index (χ0v) is 11.3. The van der Waals surface area contributed by atoms with Gasteiger partial charge < -0.3 is 15.3 Å². The second-order valence-electron chi connectivity index (χ2n) is 4.63. The number of rotatable bonds is 3. The molecule has 0 bridgehead atoms. The number of benzene rings is 1. The van der Waals surface area contributed by atoms with Crippen molar-refractivity contribution in [2.75, 3.05) is 25.0 Å². The van der Waals surface area contributed by atoms with Gasteiger partial charge in [0.15, 0.2) is 0 Å². The van der Waals surface area contributed by atoms with Gasteiger partial charge in [0.25, 0.3) is 5.69 Å². The van der Waals surface area contributed by atoms with E-state index in [1.807, 2.05) is 0 Å². The number of hydrogen-bond acceptors (Lipinski definition) is 4. The van der Waals surface area contributed by atoms with Crippen molar-refractivity contribution >= 4 is 29.0 Å². The van der Waals surface area contributed by atoms with E-state index in [9.17, 15) is 14.9 Å². The van der Waals surface area contributed by atoms with Crippen molar-refractivity contribution in [3.05, 3.63) is 33.3 Å². The molecule has 2 N–H and O–H groups in total. The topological polar surface area (TPSA) is 95.7 Å². The summed E-state index contributed by atoms with van der Waals surface area (Å²) in [6.07, 6.45) is 0.762. The predicted octanol–water partition coefficient (Wildman–Crippen LogP) is 2.09. The maximum Gasteiger partial charge on any atom is 0.321 e. The number of nitrogens with one attached hydrogen (secondary N) is 1. The molecule has 1 unspecified atom stereocenters. The summed E-state index contributed by atoms with van der Waals surface area (Å²) < 4.78 is 0. The SMILES string of the molecule is O=C(Nc1ccc([N+](=O)[O-])cc1Cl)N1CCC(CO)C1. The fraction of sp³-hybridized carbons (Fsp3) is 0.417. The molecule has 0 saturated carbocycles. The normalized spacial score (nSPS) is 18.1. The van der Waals surface area contributed by atoms with Crippen molar-refractivity contribution in [3.63, 3.8) is 0 Å². The number of halogens is 1. The minimum atomic E-state index is -0.552. The number of aliphatic hydroxyl groups is 1. The number of carbonyl (C=O) groups excluding carboxylic acids is 1. The number of aliphatic hydroxyl groups excluding tert-OH is 1. The first-order chi connectivity index (χ1) is 9.51. The van der Waals surface area contributed by atoms with E-state index in [0.717, 1.165) is 6.42 Å². The highest BCUT2D eigenvalue weighted by Crippen LogP contribution is 2.27. The van der Waals surface area contributed by atoms with Crippen molar-refractivity contribution in [2.45, 2.75) is 6.42 Å². The lowest BCUT2D eigenvalue weighted by Crippen LogP contribution is -2.33. The molecule has 2 amide bonds. The van der Waals surface area contributed by atoms with Gasteiger partial charge >= 0.3 is 6.03 Å². The molecule has 20 heavy (non-hydrogen) atoms. The Bertz CT molecular complexity index is 537. The van der Waals surface area contributed by atoms with Gasteiger partial charge in [-0.1, -0.05) is 11.6 Å². The van der Waals surface area contributed by atoms with Crippen LogP contribution in [0.5, 0.6) is 0 Å². The third-order valence-corrected chi connectivity index (χ3v) is 3.55. The molecule has 0 radical (unpaired) electrons. The summed E-state index contributed by atoms with van der Waals surface area (Å²) >= 11 is 5.90. The standard InChI is InChI=1S/C12H14ClN3O4/c13-10-5-9(16(19)20)1-2-11(10)14-12(18)15-4-3-8(6-15)7-17/h1-2,5,8,17H,3-4,6-7H2,(H,14,18). The molecule has 0 aliphatic carbocycles. The molecule has 1 atom stereocenters. The van der Waals surface area contributed by atoms with E-state index in [4.69, 9.17) is 16.7 Å². The Balaban J connectivity index is 2.03. The highest BCUT2D eigenvalue weighted by Gasteiger charge is 2.26. The Morgan fingerprint density at radius 1 is 1.60 bits per heavy atom. The number of hydrogen-bond donors (Lipinski definition) is 2. The second-order valence-corrected chi connectivity index (χ2v) is 5.04. The molecule has 1 fully saturated rings. The smallest absolute Gasteiger partial charge is 0.321 e. The van der Waals surface area contributed by atoms with Crippen LogP contribution in [-0.2, 0) is 0 Å². The zero-order valence-electron chi connectivity index (χ0n) is 10.6. The summed E-state index contributed by atoms with van der Waals surface area (Å²) in [6.45, 7) is 1.12. The van der Waals surface area contributed by atoms with Crippen LogP contribution in [-0.4, -0.2) is 40.7 Å². The van der Waals surface area contributed by atoms with Crippen LogP contribution in [0.15, 0.2) is 18.2 Å². The van der Waals surface area contributed by atoms with Crippen LogP contribution in [0.2, 0.25) is 5.02 Å². The van der Waals surface area contributed by atoms with Crippen LogP contribution in [0.4, 0.5) is 16.2 Å². The molecule has 1 aromatic rings. The van der Waals surface area contributed by atoms with Gasteiger partial charge in [-0.25, -0.2) is 4.79 Å². The second kappa shape index (κ2) is 6.06. The van der Waals surface area contributed by atoms with E-state index < -0.39 is 4.92 Å². The van der Waals surface area contributed by atoms with Crippen molar-refractivity contribution in [2.24, 2.45) is 5.92 Å². The van der Waals surface area contributed by atoms with E-state index >= 15 is 0 Å². The number of anilines is 1. The van der Waals surface area contributed by atoms with Gasteiger partial charge in [-0.05, 0) is 12.5 Å². The molecule has 0 aromatic heterocycles. The molecule has 108 valence electrons. The Hall–Kier alpha value is -1.86. The first kappa shape index (κ1) is 14.5. The lowest BCUT2D eigenvalue weighted by atomic mass is 10.1. The first-order valence-corrected chi connectivity index (χ1v) is 6.49. The maximum atomic E-state index is 12.0.